The fourth-order valence-corrected chi connectivity index (χ4v) is 1.99. The monoisotopic (exact) mass is 346 g/mol. The van der Waals surface area contributed by atoms with E-state index in [1.54, 1.807) is 0 Å². The summed E-state index contributed by atoms with van der Waals surface area (Å²) in [6, 6.07) is 19.9. The summed E-state index contributed by atoms with van der Waals surface area (Å²) in [5.41, 5.74) is 2.28. The van der Waals surface area contributed by atoms with Crippen molar-refractivity contribution in [3.63, 3.8) is 0 Å². The second-order valence-corrected chi connectivity index (χ2v) is 5.79. The second-order valence-electron chi connectivity index (χ2n) is 5.79. The SMILES string of the molecule is OCC(O)COCc1ccccc1.c1ccc(COCC2CO2)cc1. The van der Waals surface area contributed by atoms with E-state index in [9.17, 15) is 0 Å². The van der Waals surface area contributed by atoms with Crippen LogP contribution in [-0.2, 0) is 27.4 Å². The molecule has 2 N–H and O–H groups in total. The highest BCUT2D eigenvalue weighted by Gasteiger charge is 2.21. The number of ether oxygens (including phenoxy) is 3. The predicted octanol–water partition coefficient (Wildman–Crippen LogP) is 2.16. The topological polar surface area (TPSA) is 71.5 Å². The van der Waals surface area contributed by atoms with Crippen molar-refractivity contribution in [2.24, 2.45) is 0 Å². The summed E-state index contributed by atoms with van der Waals surface area (Å²) < 4.78 is 15.6. The van der Waals surface area contributed by atoms with Gasteiger partial charge in [0, 0.05) is 0 Å². The Morgan fingerprint density at radius 3 is 1.92 bits per heavy atom. The third-order valence-corrected chi connectivity index (χ3v) is 3.45. The lowest BCUT2D eigenvalue weighted by atomic mass is 10.2. The molecule has 3 rings (SSSR count). The van der Waals surface area contributed by atoms with Gasteiger partial charge in [-0.3, -0.25) is 0 Å². The molecule has 5 nitrogen and oxygen atoms in total. The van der Waals surface area contributed by atoms with Crippen LogP contribution in [0, 0.1) is 0 Å². The first-order valence-electron chi connectivity index (χ1n) is 8.41. The molecular formula is C20H26O5. The Balaban J connectivity index is 0.000000181. The summed E-state index contributed by atoms with van der Waals surface area (Å²) in [7, 11) is 0. The van der Waals surface area contributed by atoms with Crippen LogP contribution >= 0.6 is 0 Å². The molecule has 2 atom stereocenters. The quantitative estimate of drug-likeness (QED) is 0.681. The lowest BCUT2D eigenvalue weighted by Gasteiger charge is -2.07. The van der Waals surface area contributed by atoms with Gasteiger partial charge in [-0.05, 0) is 11.1 Å². The molecule has 0 aromatic heterocycles. The summed E-state index contributed by atoms with van der Waals surface area (Å²) in [4.78, 5) is 0. The van der Waals surface area contributed by atoms with Crippen LogP contribution in [0.2, 0.25) is 0 Å². The maximum absolute atomic E-state index is 8.96. The van der Waals surface area contributed by atoms with E-state index in [1.807, 2.05) is 48.5 Å². The maximum atomic E-state index is 8.96. The standard InChI is InChI=1S/C10H14O3.C10H12O2/c11-6-10(12)8-13-7-9-4-2-1-3-5-9;1-2-4-9(5-3-1)6-11-7-10-8-12-10/h1-5,10-12H,6-8H2;1-5,10H,6-8H2. The van der Waals surface area contributed by atoms with Gasteiger partial charge in [-0.1, -0.05) is 60.7 Å². The minimum absolute atomic E-state index is 0.172. The lowest BCUT2D eigenvalue weighted by Crippen LogP contribution is -2.19. The first kappa shape index (κ1) is 19.6. The third kappa shape index (κ3) is 9.34. The minimum Gasteiger partial charge on any atom is -0.394 e. The van der Waals surface area contributed by atoms with Crippen LogP contribution in [-0.4, -0.2) is 48.8 Å². The molecule has 1 heterocycles. The van der Waals surface area contributed by atoms with Crippen molar-refractivity contribution >= 4 is 0 Å². The molecule has 0 bridgehead atoms. The number of hydrogen-bond acceptors (Lipinski definition) is 5. The van der Waals surface area contributed by atoms with Crippen LogP contribution in [0.3, 0.4) is 0 Å². The van der Waals surface area contributed by atoms with Gasteiger partial charge in [-0.2, -0.15) is 0 Å². The van der Waals surface area contributed by atoms with E-state index in [-0.39, 0.29) is 13.2 Å². The molecule has 1 aliphatic heterocycles. The highest BCUT2D eigenvalue weighted by atomic mass is 16.6. The molecule has 2 aromatic rings. The zero-order valence-electron chi connectivity index (χ0n) is 14.3. The van der Waals surface area contributed by atoms with Gasteiger partial charge in [0.05, 0.1) is 39.6 Å². The molecule has 1 saturated heterocycles. The Labute approximate surface area is 148 Å². The van der Waals surface area contributed by atoms with Crippen molar-refractivity contribution in [2.75, 3.05) is 26.4 Å². The second kappa shape index (κ2) is 11.7. The van der Waals surface area contributed by atoms with E-state index < -0.39 is 6.10 Å². The van der Waals surface area contributed by atoms with Crippen LogP contribution in [0.25, 0.3) is 0 Å². The molecule has 2 aromatic carbocycles. The molecule has 0 spiro atoms. The molecular weight excluding hydrogens is 320 g/mol. The first-order chi connectivity index (χ1) is 12.3. The summed E-state index contributed by atoms with van der Waals surface area (Å²) in [5.74, 6) is 0. The summed E-state index contributed by atoms with van der Waals surface area (Å²) >= 11 is 0. The van der Waals surface area contributed by atoms with E-state index in [1.165, 1.54) is 5.56 Å². The van der Waals surface area contributed by atoms with Crippen molar-refractivity contribution in [3.8, 4) is 0 Å². The number of epoxide rings is 1. The molecule has 0 radical (unpaired) electrons. The number of aliphatic hydroxyl groups excluding tert-OH is 2. The minimum atomic E-state index is -0.774. The Kier molecular flexibility index (Phi) is 9.18. The van der Waals surface area contributed by atoms with Crippen molar-refractivity contribution in [1.29, 1.82) is 0 Å². The van der Waals surface area contributed by atoms with Crippen molar-refractivity contribution in [3.05, 3.63) is 71.8 Å². The molecule has 25 heavy (non-hydrogen) atoms. The Morgan fingerprint density at radius 1 is 0.920 bits per heavy atom. The van der Waals surface area contributed by atoms with Gasteiger partial charge < -0.3 is 24.4 Å². The number of hydrogen-bond donors (Lipinski definition) is 2. The summed E-state index contributed by atoms with van der Waals surface area (Å²) in [6.45, 7) is 2.68. The van der Waals surface area contributed by atoms with Crippen molar-refractivity contribution in [2.45, 2.75) is 25.4 Å². The molecule has 0 saturated carbocycles. The van der Waals surface area contributed by atoms with Gasteiger partial charge in [0.15, 0.2) is 0 Å². The van der Waals surface area contributed by atoms with Gasteiger partial charge in [0.1, 0.15) is 12.2 Å². The van der Waals surface area contributed by atoms with E-state index in [0.717, 1.165) is 18.8 Å². The normalized spacial score (nSPS) is 16.6. The van der Waals surface area contributed by atoms with Crippen molar-refractivity contribution < 1.29 is 24.4 Å². The van der Waals surface area contributed by atoms with Gasteiger partial charge in [-0.15, -0.1) is 0 Å². The van der Waals surface area contributed by atoms with Crippen molar-refractivity contribution in [1.82, 2.24) is 0 Å². The molecule has 5 heteroatoms. The van der Waals surface area contributed by atoms with Crippen LogP contribution in [0.5, 0.6) is 0 Å². The van der Waals surface area contributed by atoms with Crippen LogP contribution in [0.1, 0.15) is 11.1 Å². The van der Waals surface area contributed by atoms with E-state index in [0.29, 0.717) is 19.3 Å². The van der Waals surface area contributed by atoms with Gasteiger partial charge in [0.25, 0.3) is 0 Å². The average molecular weight is 346 g/mol. The molecule has 136 valence electrons. The lowest BCUT2D eigenvalue weighted by molar-refractivity contribution is 0.0000253. The van der Waals surface area contributed by atoms with Crippen LogP contribution in [0.15, 0.2) is 60.7 Å². The average Bonchev–Trinajstić information content (AvgIpc) is 3.48. The van der Waals surface area contributed by atoms with Gasteiger partial charge in [0.2, 0.25) is 0 Å². The smallest absolute Gasteiger partial charge is 0.104 e. The highest BCUT2D eigenvalue weighted by Crippen LogP contribution is 2.10. The molecule has 0 amide bonds. The summed E-state index contributed by atoms with van der Waals surface area (Å²) in [6.07, 6.45) is -0.405. The van der Waals surface area contributed by atoms with E-state index in [2.05, 4.69) is 12.1 Å². The zero-order chi connectivity index (χ0) is 17.7. The zero-order valence-corrected chi connectivity index (χ0v) is 14.3. The molecule has 1 aliphatic rings. The van der Waals surface area contributed by atoms with E-state index in [4.69, 9.17) is 24.4 Å². The Hall–Kier alpha value is -1.76. The first-order valence-corrected chi connectivity index (χ1v) is 8.41. The predicted molar refractivity (Wildman–Crippen MR) is 95.0 cm³/mol. The fraction of sp³-hybridized carbons (Fsp3) is 0.400. The molecule has 0 aliphatic carbocycles. The third-order valence-electron chi connectivity index (χ3n) is 3.45. The van der Waals surface area contributed by atoms with Gasteiger partial charge in [-0.25, -0.2) is 0 Å². The van der Waals surface area contributed by atoms with Gasteiger partial charge >= 0.3 is 0 Å². The van der Waals surface area contributed by atoms with Crippen LogP contribution < -0.4 is 0 Å². The number of rotatable bonds is 9. The number of benzene rings is 2. The maximum Gasteiger partial charge on any atom is 0.104 e. The Morgan fingerprint density at radius 2 is 1.44 bits per heavy atom. The summed E-state index contributed by atoms with van der Waals surface area (Å²) in [5, 5.41) is 17.5. The number of aliphatic hydroxyl groups is 2. The fourth-order valence-electron chi connectivity index (χ4n) is 1.99. The van der Waals surface area contributed by atoms with E-state index >= 15 is 0 Å². The van der Waals surface area contributed by atoms with Crippen LogP contribution in [0.4, 0.5) is 0 Å². The Bertz CT molecular complexity index is 557. The largest absolute Gasteiger partial charge is 0.394 e. The molecule has 1 fully saturated rings. The highest BCUT2D eigenvalue weighted by molar-refractivity contribution is 5.14. The molecule has 2 unspecified atom stereocenters.